The maximum Gasteiger partial charge on any atom is 0.416 e. The van der Waals surface area contributed by atoms with E-state index in [4.69, 9.17) is 11.6 Å². The molecule has 0 radical (unpaired) electrons. The van der Waals surface area contributed by atoms with Crippen LogP contribution in [-0.2, 0) is 15.8 Å². The number of carbonyl (C=O) groups is 2. The molecule has 33 heavy (non-hydrogen) atoms. The van der Waals surface area contributed by atoms with E-state index >= 15 is 0 Å². The molecule has 1 aliphatic rings. The predicted octanol–water partition coefficient (Wildman–Crippen LogP) is 6.66. The van der Waals surface area contributed by atoms with Crippen LogP contribution in [0.5, 0.6) is 0 Å². The molecular weight excluding hydrogens is 473 g/mol. The van der Waals surface area contributed by atoms with E-state index in [0.717, 1.165) is 40.4 Å². The number of rotatable bonds is 5. The van der Waals surface area contributed by atoms with Crippen LogP contribution < -0.4 is 10.2 Å². The number of imide groups is 1. The van der Waals surface area contributed by atoms with Crippen molar-refractivity contribution in [3.63, 3.8) is 0 Å². The SMILES string of the molecule is Cc1ccc(NC2=C(Sc3ccccc3)C(=O)N(c3cccc(C(F)(F)F)c3)C2=O)cc1Cl. The molecule has 3 aromatic rings. The van der Waals surface area contributed by atoms with Gasteiger partial charge in [-0.25, -0.2) is 4.90 Å². The first-order chi connectivity index (χ1) is 15.6. The van der Waals surface area contributed by atoms with E-state index in [0.29, 0.717) is 15.6 Å². The van der Waals surface area contributed by atoms with Gasteiger partial charge in [0.05, 0.1) is 11.3 Å². The van der Waals surface area contributed by atoms with Crippen molar-refractivity contribution in [1.82, 2.24) is 0 Å². The highest BCUT2D eigenvalue weighted by Gasteiger charge is 2.41. The molecule has 1 aliphatic heterocycles. The third-order valence-corrected chi connectivity index (χ3v) is 6.38. The molecule has 4 nitrogen and oxygen atoms in total. The molecule has 0 fully saturated rings. The van der Waals surface area contributed by atoms with Gasteiger partial charge in [-0.1, -0.05) is 53.7 Å². The summed E-state index contributed by atoms with van der Waals surface area (Å²) in [6, 6.07) is 18.1. The van der Waals surface area contributed by atoms with Crippen molar-refractivity contribution >= 4 is 46.6 Å². The Balaban J connectivity index is 1.76. The molecule has 2 amide bonds. The van der Waals surface area contributed by atoms with E-state index in [-0.39, 0.29) is 16.3 Å². The molecule has 0 aromatic heterocycles. The number of benzene rings is 3. The number of anilines is 2. The van der Waals surface area contributed by atoms with E-state index in [1.807, 2.05) is 13.0 Å². The summed E-state index contributed by atoms with van der Waals surface area (Å²) in [6.45, 7) is 1.82. The monoisotopic (exact) mass is 488 g/mol. The highest BCUT2D eigenvalue weighted by atomic mass is 35.5. The number of alkyl halides is 3. The van der Waals surface area contributed by atoms with Gasteiger partial charge in [-0.2, -0.15) is 13.2 Å². The molecule has 1 N–H and O–H groups in total. The van der Waals surface area contributed by atoms with E-state index in [9.17, 15) is 22.8 Å². The lowest BCUT2D eigenvalue weighted by Crippen LogP contribution is -2.32. The number of amides is 2. The quantitative estimate of drug-likeness (QED) is 0.408. The first-order valence-corrected chi connectivity index (χ1v) is 10.9. The predicted molar refractivity (Wildman–Crippen MR) is 123 cm³/mol. The zero-order valence-corrected chi connectivity index (χ0v) is 18.7. The topological polar surface area (TPSA) is 49.4 Å². The summed E-state index contributed by atoms with van der Waals surface area (Å²) < 4.78 is 39.7. The molecule has 0 saturated heterocycles. The van der Waals surface area contributed by atoms with Crippen LogP contribution in [0.15, 0.2) is 88.3 Å². The van der Waals surface area contributed by atoms with Gasteiger partial charge in [0, 0.05) is 15.6 Å². The Kier molecular flexibility index (Phi) is 6.23. The third kappa shape index (κ3) is 4.77. The summed E-state index contributed by atoms with van der Waals surface area (Å²) in [5.74, 6) is -1.47. The van der Waals surface area contributed by atoms with Crippen LogP contribution in [0.3, 0.4) is 0 Å². The number of halogens is 4. The van der Waals surface area contributed by atoms with Gasteiger partial charge in [0.25, 0.3) is 11.8 Å². The summed E-state index contributed by atoms with van der Waals surface area (Å²) in [4.78, 5) is 28.1. The average Bonchev–Trinajstić information content (AvgIpc) is 3.00. The number of aryl methyl sites for hydroxylation is 1. The Labute approximate surface area is 197 Å². The second-order valence-electron chi connectivity index (χ2n) is 7.20. The highest BCUT2D eigenvalue weighted by Crippen LogP contribution is 2.39. The van der Waals surface area contributed by atoms with Crippen molar-refractivity contribution in [1.29, 1.82) is 0 Å². The van der Waals surface area contributed by atoms with E-state index in [1.54, 1.807) is 42.5 Å². The van der Waals surface area contributed by atoms with Crippen LogP contribution in [0.25, 0.3) is 0 Å². The molecular formula is C24H16ClF3N2O2S. The van der Waals surface area contributed by atoms with Crippen LogP contribution in [0.1, 0.15) is 11.1 Å². The zero-order valence-electron chi connectivity index (χ0n) is 17.1. The minimum atomic E-state index is -4.61. The summed E-state index contributed by atoms with van der Waals surface area (Å²) in [5, 5.41) is 3.41. The molecule has 1 heterocycles. The van der Waals surface area contributed by atoms with Crippen molar-refractivity contribution in [3.05, 3.63) is 99.5 Å². The molecule has 3 aromatic carbocycles. The average molecular weight is 489 g/mol. The Morgan fingerprint density at radius 2 is 1.64 bits per heavy atom. The normalized spacial score (nSPS) is 14.3. The van der Waals surface area contributed by atoms with Crippen LogP contribution in [0.4, 0.5) is 24.5 Å². The third-order valence-electron chi connectivity index (χ3n) is 4.88. The van der Waals surface area contributed by atoms with Crippen molar-refractivity contribution in [2.45, 2.75) is 18.0 Å². The Morgan fingerprint density at radius 1 is 0.909 bits per heavy atom. The van der Waals surface area contributed by atoms with Gasteiger partial charge < -0.3 is 5.32 Å². The smallest absolute Gasteiger partial charge is 0.350 e. The summed E-state index contributed by atoms with van der Waals surface area (Å²) in [6.07, 6.45) is -4.61. The maximum atomic E-state index is 13.3. The second kappa shape index (κ2) is 8.96. The van der Waals surface area contributed by atoms with E-state index in [1.165, 1.54) is 6.07 Å². The van der Waals surface area contributed by atoms with Crippen LogP contribution in [-0.4, -0.2) is 11.8 Å². The first kappa shape index (κ1) is 22.9. The summed E-state index contributed by atoms with van der Waals surface area (Å²) >= 11 is 7.24. The van der Waals surface area contributed by atoms with Gasteiger partial charge in [-0.05, 0) is 55.0 Å². The van der Waals surface area contributed by atoms with E-state index < -0.39 is 23.6 Å². The largest absolute Gasteiger partial charge is 0.416 e. The Morgan fingerprint density at radius 3 is 2.30 bits per heavy atom. The van der Waals surface area contributed by atoms with Gasteiger partial charge in [-0.15, -0.1) is 0 Å². The van der Waals surface area contributed by atoms with Gasteiger partial charge in [-0.3, -0.25) is 9.59 Å². The van der Waals surface area contributed by atoms with Crippen molar-refractivity contribution in [2.24, 2.45) is 0 Å². The molecule has 0 saturated carbocycles. The molecule has 4 rings (SSSR count). The number of hydrogen-bond donors (Lipinski definition) is 1. The summed E-state index contributed by atoms with van der Waals surface area (Å²) in [5.41, 5.74) is 0.147. The number of hydrogen-bond acceptors (Lipinski definition) is 4. The molecule has 0 atom stereocenters. The van der Waals surface area contributed by atoms with Crippen LogP contribution >= 0.6 is 23.4 Å². The Hall–Kier alpha value is -3.23. The first-order valence-electron chi connectivity index (χ1n) is 9.71. The van der Waals surface area contributed by atoms with E-state index in [2.05, 4.69) is 5.32 Å². The van der Waals surface area contributed by atoms with Crippen molar-refractivity contribution < 1.29 is 22.8 Å². The molecule has 9 heteroatoms. The number of nitrogens with zero attached hydrogens (tertiary/aromatic N) is 1. The Bertz CT molecular complexity index is 1280. The van der Waals surface area contributed by atoms with Gasteiger partial charge in [0.2, 0.25) is 0 Å². The number of carbonyl (C=O) groups excluding carboxylic acids is 2. The molecule has 0 bridgehead atoms. The summed E-state index contributed by atoms with van der Waals surface area (Å²) in [7, 11) is 0. The minimum Gasteiger partial charge on any atom is -0.350 e. The fourth-order valence-electron chi connectivity index (χ4n) is 3.19. The highest BCUT2D eigenvalue weighted by molar-refractivity contribution is 8.04. The molecule has 0 unspecified atom stereocenters. The van der Waals surface area contributed by atoms with Crippen molar-refractivity contribution in [3.8, 4) is 0 Å². The van der Waals surface area contributed by atoms with Gasteiger partial charge >= 0.3 is 6.18 Å². The van der Waals surface area contributed by atoms with Crippen molar-refractivity contribution in [2.75, 3.05) is 10.2 Å². The van der Waals surface area contributed by atoms with Crippen LogP contribution in [0, 0.1) is 6.92 Å². The molecule has 168 valence electrons. The number of nitrogens with one attached hydrogen (secondary N) is 1. The lowest BCUT2D eigenvalue weighted by atomic mass is 10.2. The lowest BCUT2D eigenvalue weighted by molar-refractivity contribution is -0.137. The molecule has 0 spiro atoms. The second-order valence-corrected chi connectivity index (χ2v) is 8.69. The van der Waals surface area contributed by atoms with Crippen LogP contribution in [0.2, 0.25) is 5.02 Å². The lowest BCUT2D eigenvalue weighted by Gasteiger charge is -2.17. The number of thioether (sulfide) groups is 1. The maximum absolute atomic E-state index is 13.3. The molecule has 0 aliphatic carbocycles. The minimum absolute atomic E-state index is 0.0359. The van der Waals surface area contributed by atoms with Gasteiger partial charge in [0.1, 0.15) is 10.6 Å². The zero-order chi connectivity index (χ0) is 23.8. The fraction of sp³-hybridized carbons (Fsp3) is 0.0833. The fourth-order valence-corrected chi connectivity index (χ4v) is 4.32. The van der Waals surface area contributed by atoms with Gasteiger partial charge in [0.15, 0.2) is 0 Å². The standard InChI is InChI=1S/C24H16ClF3N2O2S/c1-14-10-11-16(13-19(14)25)29-20-21(33-18-8-3-2-4-9-18)23(32)30(22(20)31)17-7-5-6-15(12-17)24(26,27)28/h2-13,29H,1H3.